The number of aliphatic hydroxyl groups excluding tert-OH is 1. The van der Waals surface area contributed by atoms with Gasteiger partial charge in [0.2, 0.25) is 0 Å². The number of nitrogens with two attached hydrogens (primary N) is 1. The van der Waals surface area contributed by atoms with Gasteiger partial charge in [-0.2, -0.15) is 0 Å². The van der Waals surface area contributed by atoms with Crippen LogP contribution in [0.5, 0.6) is 0 Å². The molecule has 0 spiro atoms. The van der Waals surface area contributed by atoms with Gasteiger partial charge in [0.1, 0.15) is 17.1 Å². The van der Waals surface area contributed by atoms with Gasteiger partial charge in [0.15, 0.2) is 5.82 Å². The predicted molar refractivity (Wildman–Crippen MR) is 60.8 cm³/mol. The van der Waals surface area contributed by atoms with E-state index in [9.17, 15) is 0 Å². The Kier molecular flexibility index (Phi) is 3.14. The molecule has 0 saturated carbocycles. The van der Waals surface area contributed by atoms with Crippen molar-refractivity contribution in [2.45, 2.75) is 19.4 Å². The Balaban J connectivity index is 2.27. The average Bonchev–Trinajstić information content (AvgIpc) is 2.63. The molecular weight excluding hydrogens is 211 g/mol. The molecule has 0 bridgehead atoms. The molecule has 2 heterocycles. The number of nitrogen functional groups attached to an aromatic ring is 1. The summed E-state index contributed by atoms with van der Waals surface area (Å²) in [5.41, 5.74) is 6.73. The second kappa shape index (κ2) is 4.55. The number of hydrogen-bond donors (Lipinski definition) is 2. The molecule has 15 heavy (non-hydrogen) atoms. The van der Waals surface area contributed by atoms with Gasteiger partial charge in [-0.1, -0.05) is 0 Å². The third-order valence-corrected chi connectivity index (χ3v) is 3.21. The van der Waals surface area contributed by atoms with Crippen molar-refractivity contribution in [1.82, 2.24) is 14.5 Å². The average molecular weight is 224 g/mol. The summed E-state index contributed by atoms with van der Waals surface area (Å²) in [5, 5.41) is 9.67. The first-order valence-corrected chi connectivity index (χ1v) is 5.81. The molecule has 2 aromatic rings. The van der Waals surface area contributed by atoms with Crippen molar-refractivity contribution in [1.29, 1.82) is 0 Å². The minimum Gasteiger partial charge on any atom is -0.396 e. The Morgan fingerprint density at radius 2 is 2.27 bits per heavy atom. The number of rotatable bonds is 4. The zero-order chi connectivity index (χ0) is 10.7. The topological polar surface area (TPSA) is 77.0 Å². The number of nitrogens with zero attached hydrogens (tertiary/aromatic N) is 3. The van der Waals surface area contributed by atoms with Crippen LogP contribution in [0.1, 0.15) is 12.8 Å². The highest BCUT2D eigenvalue weighted by Gasteiger charge is 2.06. The van der Waals surface area contributed by atoms with Crippen LogP contribution in [0, 0.1) is 0 Å². The fourth-order valence-electron chi connectivity index (χ4n) is 1.50. The molecule has 0 fully saturated rings. The third kappa shape index (κ3) is 2.08. The van der Waals surface area contributed by atoms with Crippen LogP contribution in [-0.2, 0) is 6.54 Å². The molecule has 0 aromatic carbocycles. The highest BCUT2D eigenvalue weighted by atomic mass is 31.0. The van der Waals surface area contributed by atoms with E-state index in [1.165, 1.54) is 6.33 Å². The second-order valence-electron chi connectivity index (χ2n) is 3.30. The normalized spacial score (nSPS) is 11.5. The maximum absolute atomic E-state index is 8.71. The van der Waals surface area contributed by atoms with Crippen molar-refractivity contribution in [2.24, 2.45) is 0 Å². The summed E-state index contributed by atoms with van der Waals surface area (Å²) >= 11 is 0. The van der Waals surface area contributed by atoms with Gasteiger partial charge >= 0.3 is 0 Å². The van der Waals surface area contributed by atoms with Crippen LogP contribution in [0.3, 0.4) is 0 Å². The Labute approximate surface area is 89.1 Å². The number of aliphatic hydroxyl groups is 1. The first-order chi connectivity index (χ1) is 7.33. The highest BCUT2D eigenvalue weighted by Crippen LogP contribution is 2.26. The van der Waals surface area contributed by atoms with Gasteiger partial charge in [-0.15, -0.1) is 0 Å². The van der Waals surface area contributed by atoms with Crippen LogP contribution >= 0.6 is 8.19 Å². The van der Waals surface area contributed by atoms with Crippen molar-refractivity contribution in [2.75, 3.05) is 12.3 Å². The third-order valence-electron chi connectivity index (χ3n) is 2.25. The molecule has 80 valence electrons. The molecule has 2 rings (SSSR count). The number of hydrogen-bond acceptors (Lipinski definition) is 4. The lowest BCUT2D eigenvalue weighted by atomic mass is 10.3. The van der Waals surface area contributed by atoms with E-state index in [4.69, 9.17) is 10.8 Å². The number of unbranched alkanes of at least 4 members (excludes halogenated alkanes) is 1. The van der Waals surface area contributed by atoms with Gasteiger partial charge < -0.3 is 15.4 Å². The summed E-state index contributed by atoms with van der Waals surface area (Å²) in [5.74, 6) is 2.58. The largest absolute Gasteiger partial charge is 0.396 e. The zero-order valence-electron chi connectivity index (χ0n) is 8.30. The van der Waals surface area contributed by atoms with Gasteiger partial charge in [-0.25, -0.2) is 9.97 Å². The summed E-state index contributed by atoms with van der Waals surface area (Å²) in [6.07, 6.45) is 3.24. The van der Waals surface area contributed by atoms with E-state index in [2.05, 4.69) is 14.5 Å². The summed E-state index contributed by atoms with van der Waals surface area (Å²) in [7, 11) is 1.07. The molecule has 5 nitrogen and oxygen atoms in total. The lowest BCUT2D eigenvalue weighted by Crippen LogP contribution is -2.01. The molecule has 0 saturated heterocycles. The summed E-state index contributed by atoms with van der Waals surface area (Å²) in [6.45, 7) is 1.09. The van der Waals surface area contributed by atoms with Crippen molar-refractivity contribution in [3.05, 3.63) is 12.3 Å². The zero-order valence-corrected chi connectivity index (χ0v) is 9.19. The van der Waals surface area contributed by atoms with Gasteiger partial charge in [-0.3, -0.25) is 0 Å². The van der Waals surface area contributed by atoms with E-state index in [1.54, 1.807) is 0 Å². The van der Waals surface area contributed by atoms with Gasteiger partial charge in [-0.05, 0) is 21.0 Å². The maximum Gasteiger partial charge on any atom is 0.151 e. The van der Waals surface area contributed by atoms with Crippen LogP contribution < -0.4 is 5.73 Å². The van der Waals surface area contributed by atoms with E-state index in [1.807, 2.05) is 5.93 Å². The molecule has 0 unspecified atom stereocenters. The van der Waals surface area contributed by atoms with Crippen LogP contribution in [0.4, 0.5) is 5.82 Å². The van der Waals surface area contributed by atoms with E-state index in [-0.39, 0.29) is 6.61 Å². The van der Waals surface area contributed by atoms with E-state index in [0.29, 0.717) is 5.82 Å². The first-order valence-electron chi connectivity index (χ1n) is 4.85. The molecule has 3 N–H and O–H groups in total. The van der Waals surface area contributed by atoms with Crippen molar-refractivity contribution >= 4 is 24.8 Å². The molecule has 0 aliphatic heterocycles. The molecule has 0 atom stereocenters. The Bertz CT molecular complexity index is 456. The fourth-order valence-corrected chi connectivity index (χ4v) is 2.46. The molecule has 6 heteroatoms. The fraction of sp³-hybridized carbons (Fsp3) is 0.444. The molecule has 0 radical (unpaired) electrons. The number of aromatic nitrogens is 3. The van der Waals surface area contributed by atoms with Crippen molar-refractivity contribution in [3.63, 3.8) is 0 Å². The maximum atomic E-state index is 8.71. The van der Waals surface area contributed by atoms with Gasteiger partial charge in [0, 0.05) is 19.1 Å². The quantitative estimate of drug-likeness (QED) is 0.769. The Hall–Kier alpha value is -1.19. The molecule has 0 amide bonds. The molecule has 0 aliphatic rings. The second-order valence-corrected chi connectivity index (χ2v) is 4.21. The summed E-state index contributed by atoms with van der Waals surface area (Å²) in [4.78, 5) is 8.15. The first kappa shape index (κ1) is 10.3. The molecule has 2 aromatic heterocycles. The Morgan fingerprint density at radius 3 is 3.07 bits per heavy atom. The number of fused-ring (bicyclic) bond motifs is 1. The lowest BCUT2D eigenvalue weighted by Gasteiger charge is -2.04. The van der Waals surface area contributed by atoms with Crippen LogP contribution in [-0.4, -0.2) is 26.2 Å². The highest BCUT2D eigenvalue weighted by molar-refractivity contribution is 7.35. The molecule has 0 aliphatic carbocycles. The lowest BCUT2D eigenvalue weighted by molar-refractivity contribution is 0.281. The van der Waals surface area contributed by atoms with E-state index < -0.39 is 0 Å². The standard InChI is InChI=1S/C9H13N4OP/c10-8-7-9(12-5-11-8)15-6-13(7)3-1-2-4-14/h5-6,14H,1-4H2,(H2,10,11,12). The van der Waals surface area contributed by atoms with Crippen LogP contribution in [0.25, 0.3) is 10.8 Å². The smallest absolute Gasteiger partial charge is 0.151 e. The minimum absolute atomic E-state index is 0.235. The van der Waals surface area contributed by atoms with Crippen LogP contribution in [0.2, 0.25) is 0 Å². The number of aryl methyl sites for hydroxylation is 1. The van der Waals surface area contributed by atoms with Crippen LogP contribution in [0.15, 0.2) is 12.3 Å². The number of anilines is 1. The Morgan fingerprint density at radius 1 is 1.40 bits per heavy atom. The predicted octanol–water partition coefficient (Wildman–Crippen LogP) is 1.37. The summed E-state index contributed by atoms with van der Waals surface area (Å²) < 4.78 is 2.07. The van der Waals surface area contributed by atoms with Crippen molar-refractivity contribution < 1.29 is 5.11 Å². The van der Waals surface area contributed by atoms with Gasteiger partial charge in [0.05, 0.1) is 0 Å². The van der Waals surface area contributed by atoms with Crippen molar-refractivity contribution in [3.8, 4) is 0 Å². The SMILES string of the molecule is Nc1ncnc2pcn(CCCCO)c12. The minimum atomic E-state index is 0.235. The van der Waals surface area contributed by atoms with Gasteiger partial charge in [0.25, 0.3) is 0 Å². The summed E-state index contributed by atoms with van der Waals surface area (Å²) in [6, 6.07) is 0. The van der Waals surface area contributed by atoms with E-state index >= 15 is 0 Å². The monoisotopic (exact) mass is 224 g/mol. The molecular formula is C9H13N4OP. The van der Waals surface area contributed by atoms with E-state index in [0.717, 1.165) is 38.3 Å².